The number of thiocarbonyl (C=S) groups is 1. The monoisotopic (exact) mass is 416 g/mol. The number of rotatable bonds is 7. The van der Waals surface area contributed by atoms with E-state index in [2.05, 4.69) is 5.09 Å². The van der Waals surface area contributed by atoms with Crippen molar-refractivity contribution in [3.8, 4) is 5.75 Å². The molecule has 0 spiro atoms. The SMILES string of the molecule is COC(=O)[C@H](C)NP(=O)(Oc1ccc(C)cc1)N1C(=S)SC[C@@H]1C(C)C. The molecule has 1 N–H and O–H groups in total. The molecule has 0 bridgehead atoms. The van der Waals surface area contributed by atoms with Crippen molar-refractivity contribution in [3.63, 3.8) is 0 Å². The predicted octanol–water partition coefficient (Wildman–Crippen LogP) is 3.99. The number of hydrogen-bond acceptors (Lipinski definition) is 6. The third kappa shape index (κ3) is 4.80. The molecule has 1 aromatic carbocycles. The summed E-state index contributed by atoms with van der Waals surface area (Å²) in [6, 6.07) is 6.39. The van der Waals surface area contributed by atoms with E-state index in [1.54, 1.807) is 23.7 Å². The lowest BCUT2D eigenvalue weighted by Crippen LogP contribution is -2.44. The lowest BCUT2D eigenvalue weighted by Gasteiger charge is -2.35. The van der Waals surface area contributed by atoms with Gasteiger partial charge in [0.1, 0.15) is 16.1 Å². The van der Waals surface area contributed by atoms with Crippen molar-refractivity contribution in [1.29, 1.82) is 0 Å². The van der Waals surface area contributed by atoms with E-state index in [0.717, 1.165) is 11.3 Å². The summed E-state index contributed by atoms with van der Waals surface area (Å²) >= 11 is 6.92. The number of benzene rings is 1. The van der Waals surface area contributed by atoms with Crippen LogP contribution in [0.5, 0.6) is 5.75 Å². The predicted molar refractivity (Wildman–Crippen MR) is 110 cm³/mol. The smallest absolute Gasteiger partial charge is 0.421 e. The van der Waals surface area contributed by atoms with Crippen LogP contribution >= 0.6 is 31.7 Å². The van der Waals surface area contributed by atoms with Crippen LogP contribution in [-0.4, -0.2) is 39.9 Å². The molecular weight excluding hydrogens is 391 g/mol. The molecule has 6 nitrogen and oxygen atoms in total. The van der Waals surface area contributed by atoms with Crippen molar-refractivity contribution in [2.24, 2.45) is 5.92 Å². The van der Waals surface area contributed by atoms with Crippen LogP contribution in [0.25, 0.3) is 0 Å². The minimum absolute atomic E-state index is 0.0545. The molecule has 0 aliphatic carbocycles. The molecule has 144 valence electrons. The fraction of sp³-hybridized carbons (Fsp3) is 0.529. The van der Waals surface area contributed by atoms with E-state index in [0.29, 0.717) is 10.1 Å². The first-order chi connectivity index (χ1) is 12.2. The van der Waals surface area contributed by atoms with Crippen molar-refractivity contribution in [2.75, 3.05) is 12.9 Å². The molecular formula is C17H25N2O4PS2. The maximum atomic E-state index is 13.9. The zero-order valence-electron chi connectivity index (χ0n) is 15.6. The van der Waals surface area contributed by atoms with Crippen LogP contribution in [0.4, 0.5) is 0 Å². The summed E-state index contributed by atoms with van der Waals surface area (Å²) in [6.45, 7) is 7.65. The van der Waals surface area contributed by atoms with Crippen molar-refractivity contribution < 1.29 is 18.6 Å². The molecule has 1 fully saturated rings. The summed E-state index contributed by atoms with van der Waals surface area (Å²) in [7, 11) is -2.38. The summed E-state index contributed by atoms with van der Waals surface area (Å²) < 4.78 is 26.7. The van der Waals surface area contributed by atoms with Gasteiger partial charge in [-0.3, -0.25) is 9.46 Å². The standard InChI is InChI=1S/C17H25N2O4PS2/c1-11(2)15-10-26-17(25)19(15)24(21,18-13(4)16(20)22-5)23-14-8-6-12(3)7-9-14/h6-9,11,13,15H,10H2,1-5H3,(H,18,21)/t13-,15+,24?/m0/s1. The second-order valence-electron chi connectivity index (χ2n) is 6.53. The van der Waals surface area contributed by atoms with E-state index in [9.17, 15) is 9.36 Å². The van der Waals surface area contributed by atoms with Gasteiger partial charge in [-0.05, 0) is 31.9 Å². The van der Waals surface area contributed by atoms with E-state index >= 15 is 0 Å². The third-order valence-electron chi connectivity index (χ3n) is 4.09. The number of carbonyl (C=O) groups excluding carboxylic acids is 1. The van der Waals surface area contributed by atoms with Crippen LogP contribution in [0.1, 0.15) is 26.3 Å². The Morgan fingerprint density at radius 3 is 2.50 bits per heavy atom. The second kappa shape index (κ2) is 8.74. The molecule has 1 aliphatic heterocycles. The Balaban J connectivity index is 2.39. The Hall–Kier alpha value is -1.08. The van der Waals surface area contributed by atoms with Gasteiger partial charge in [0.15, 0.2) is 0 Å². The lowest BCUT2D eigenvalue weighted by atomic mass is 10.1. The number of nitrogens with one attached hydrogen (secondary N) is 1. The Morgan fingerprint density at radius 2 is 1.96 bits per heavy atom. The summed E-state index contributed by atoms with van der Waals surface area (Å²) in [5.41, 5.74) is 1.07. The van der Waals surface area contributed by atoms with Crippen LogP contribution in [0.2, 0.25) is 0 Å². The highest BCUT2D eigenvalue weighted by molar-refractivity contribution is 8.23. The Bertz CT molecular complexity index is 711. The van der Waals surface area contributed by atoms with Gasteiger partial charge in [-0.1, -0.05) is 55.5 Å². The van der Waals surface area contributed by atoms with E-state index < -0.39 is 19.7 Å². The van der Waals surface area contributed by atoms with E-state index in [1.807, 2.05) is 32.9 Å². The van der Waals surface area contributed by atoms with Gasteiger partial charge in [0, 0.05) is 5.75 Å². The first-order valence-corrected chi connectivity index (χ1v) is 11.3. The Kier molecular flexibility index (Phi) is 7.13. The first kappa shape index (κ1) is 21.2. The van der Waals surface area contributed by atoms with Gasteiger partial charge in [0.25, 0.3) is 0 Å². The molecule has 3 atom stereocenters. The number of hydrogen-bond donors (Lipinski definition) is 1. The summed E-state index contributed by atoms with van der Waals surface area (Å²) in [5.74, 6) is 0.877. The highest BCUT2D eigenvalue weighted by Crippen LogP contribution is 2.54. The zero-order valence-corrected chi connectivity index (χ0v) is 18.1. The van der Waals surface area contributed by atoms with E-state index in [-0.39, 0.29) is 12.0 Å². The molecule has 0 aromatic heterocycles. The average molecular weight is 417 g/mol. The van der Waals surface area contributed by atoms with E-state index in [1.165, 1.54) is 18.9 Å². The van der Waals surface area contributed by atoms with Crippen molar-refractivity contribution in [1.82, 2.24) is 9.76 Å². The quantitative estimate of drug-likeness (QED) is 0.407. The molecule has 0 amide bonds. The number of esters is 1. The largest absolute Gasteiger partial charge is 0.468 e. The Labute approximate surface area is 164 Å². The molecule has 1 saturated heterocycles. The van der Waals surface area contributed by atoms with Gasteiger partial charge in [0.05, 0.1) is 13.2 Å². The highest BCUT2D eigenvalue weighted by Gasteiger charge is 2.47. The molecule has 0 radical (unpaired) electrons. The average Bonchev–Trinajstić information content (AvgIpc) is 2.98. The molecule has 2 rings (SSSR count). The zero-order chi connectivity index (χ0) is 19.5. The third-order valence-corrected chi connectivity index (χ3v) is 8.10. The summed E-state index contributed by atoms with van der Waals surface area (Å²) in [5, 5.41) is 2.85. The van der Waals surface area contributed by atoms with Gasteiger partial charge in [-0.25, -0.2) is 9.65 Å². The van der Waals surface area contributed by atoms with Gasteiger partial charge in [-0.15, -0.1) is 0 Å². The molecule has 0 saturated carbocycles. The van der Waals surface area contributed by atoms with Crippen LogP contribution < -0.4 is 9.61 Å². The molecule has 9 heteroatoms. The number of nitrogens with zero attached hydrogens (tertiary/aromatic N) is 1. The molecule has 1 unspecified atom stereocenters. The maximum absolute atomic E-state index is 13.9. The fourth-order valence-corrected chi connectivity index (χ4v) is 7.16. The van der Waals surface area contributed by atoms with Gasteiger partial charge in [0.2, 0.25) is 0 Å². The number of carbonyl (C=O) groups is 1. The first-order valence-electron chi connectivity index (χ1n) is 8.36. The van der Waals surface area contributed by atoms with Crippen LogP contribution in [0.15, 0.2) is 24.3 Å². The minimum atomic E-state index is -3.67. The van der Waals surface area contributed by atoms with Crippen molar-refractivity contribution in [2.45, 2.75) is 39.8 Å². The number of aryl methyl sites for hydroxylation is 1. The molecule has 26 heavy (non-hydrogen) atoms. The van der Waals surface area contributed by atoms with E-state index in [4.69, 9.17) is 21.5 Å². The minimum Gasteiger partial charge on any atom is -0.468 e. The van der Waals surface area contributed by atoms with Crippen molar-refractivity contribution >= 4 is 41.9 Å². The Morgan fingerprint density at radius 1 is 1.35 bits per heavy atom. The number of methoxy groups -OCH3 is 1. The molecule has 1 aliphatic rings. The second-order valence-corrected chi connectivity index (χ2v) is 10.1. The summed E-state index contributed by atoms with van der Waals surface area (Å²) in [6.07, 6.45) is 0. The topological polar surface area (TPSA) is 67.9 Å². The molecule has 1 heterocycles. The summed E-state index contributed by atoms with van der Waals surface area (Å²) in [4.78, 5) is 11.9. The van der Waals surface area contributed by atoms with Crippen LogP contribution in [-0.2, 0) is 14.1 Å². The fourth-order valence-electron chi connectivity index (χ4n) is 2.56. The van der Waals surface area contributed by atoms with Crippen LogP contribution in [0.3, 0.4) is 0 Å². The highest BCUT2D eigenvalue weighted by atomic mass is 32.2. The lowest BCUT2D eigenvalue weighted by molar-refractivity contribution is -0.142. The maximum Gasteiger partial charge on any atom is 0.421 e. The number of thioether (sulfide) groups is 1. The van der Waals surface area contributed by atoms with Crippen LogP contribution in [0, 0.1) is 12.8 Å². The van der Waals surface area contributed by atoms with Gasteiger partial charge >= 0.3 is 13.6 Å². The number of ether oxygens (including phenoxy) is 1. The van der Waals surface area contributed by atoms with Crippen molar-refractivity contribution in [3.05, 3.63) is 29.8 Å². The van der Waals surface area contributed by atoms with Gasteiger partial charge in [-0.2, -0.15) is 0 Å². The normalized spacial score (nSPS) is 20.8. The van der Waals surface area contributed by atoms with Gasteiger partial charge < -0.3 is 9.26 Å². The molecule has 1 aromatic rings.